The molecule has 2 atom stereocenters. The van der Waals surface area contributed by atoms with Crippen LogP contribution in [-0.2, 0) is 11.8 Å². The van der Waals surface area contributed by atoms with Crippen molar-refractivity contribution in [3.05, 3.63) is 78.6 Å². The van der Waals surface area contributed by atoms with Crippen molar-refractivity contribution < 1.29 is 9.53 Å². The number of aryl methyl sites for hydroxylation is 1. The molecule has 1 fully saturated rings. The van der Waals surface area contributed by atoms with Crippen LogP contribution in [0.5, 0.6) is 11.5 Å². The van der Waals surface area contributed by atoms with Crippen molar-refractivity contribution in [1.82, 2.24) is 9.47 Å². The number of nitrogens with zero attached hydrogens (tertiary/aromatic N) is 2. The van der Waals surface area contributed by atoms with Gasteiger partial charge in [-0.3, -0.25) is 9.69 Å². The first-order valence-electron chi connectivity index (χ1n) is 10.1. The van der Waals surface area contributed by atoms with Crippen molar-refractivity contribution in [1.29, 1.82) is 0 Å². The van der Waals surface area contributed by atoms with E-state index in [1.54, 1.807) is 0 Å². The molecule has 0 bridgehead atoms. The van der Waals surface area contributed by atoms with Crippen LogP contribution in [-0.4, -0.2) is 28.0 Å². The Morgan fingerprint density at radius 2 is 1.76 bits per heavy atom. The number of carbonyl (C=O) groups excluding carboxylic acids is 1. The molecule has 2 aromatic carbocycles. The normalized spacial score (nSPS) is 17.8. The number of aromatic nitrogens is 1. The minimum absolute atomic E-state index is 0.0165. The Hall–Kier alpha value is -3.05. The average molecular weight is 389 g/mol. The zero-order chi connectivity index (χ0) is 20.2. The van der Waals surface area contributed by atoms with Crippen LogP contribution in [0.15, 0.2) is 72.9 Å². The minimum Gasteiger partial charge on any atom is -0.457 e. The van der Waals surface area contributed by atoms with Gasteiger partial charge in [0, 0.05) is 24.6 Å². The lowest BCUT2D eigenvalue weighted by Gasteiger charge is -2.30. The van der Waals surface area contributed by atoms with Crippen molar-refractivity contribution in [3.63, 3.8) is 0 Å². The maximum Gasteiger partial charge on any atom is 0.241 e. The number of hydrogen-bond donors (Lipinski definition) is 1. The van der Waals surface area contributed by atoms with Crippen LogP contribution in [0.2, 0.25) is 0 Å². The molecule has 5 heteroatoms. The molecule has 5 nitrogen and oxygen atoms in total. The lowest BCUT2D eigenvalue weighted by molar-refractivity contribution is -0.121. The summed E-state index contributed by atoms with van der Waals surface area (Å²) in [6.45, 7) is 2.93. The number of amides is 1. The van der Waals surface area contributed by atoms with E-state index in [1.165, 1.54) is 5.69 Å². The number of ether oxygens (including phenoxy) is 1. The van der Waals surface area contributed by atoms with Crippen molar-refractivity contribution in [2.75, 3.05) is 11.9 Å². The number of nitrogens with one attached hydrogen (secondary N) is 1. The van der Waals surface area contributed by atoms with E-state index >= 15 is 0 Å². The second-order valence-electron chi connectivity index (χ2n) is 7.54. The van der Waals surface area contributed by atoms with E-state index in [4.69, 9.17) is 4.74 Å². The minimum atomic E-state index is -0.197. The standard InChI is InChI=1S/C24H27N3O2/c1-18(27-17-7-11-23(27)22-10-6-16-26(22)2)24(28)25-19-12-14-21(15-13-19)29-20-8-4-3-5-9-20/h3-6,8-10,12-16,18,23H,7,11,17H2,1-2H3,(H,25,28)/t18-,23+/m1/s1. The van der Waals surface area contributed by atoms with Gasteiger partial charge in [-0.25, -0.2) is 0 Å². The first kappa shape index (κ1) is 19.3. The smallest absolute Gasteiger partial charge is 0.241 e. The topological polar surface area (TPSA) is 46.5 Å². The largest absolute Gasteiger partial charge is 0.457 e. The van der Waals surface area contributed by atoms with Gasteiger partial charge in [-0.05, 0) is 74.8 Å². The first-order chi connectivity index (χ1) is 14.1. The van der Waals surface area contributed by atoms with E-state index in [0.717, 1.165) is 36.6 Å². The zero-order valence-corrected chi connectivity index (χ0v) is 16.9. The van der Waals surface area contributed by atoms with Gasteiger partial charge in [0.2, 0.25) is 5.91 Å². The first-order valence-corrected chi connectivity index (χ1v) is 10.1. The molecule has 0 aliphatic carbocycles. The number of para-hydroxylation sites is 1. The summed E-state index contributed by atoms with van der Waals surface area (Å²) in [5, 5.41) is 3.05. The molecule has 29 heavy (non-hydrogen) atoms. The molecule has 1 amide bonds. The van der Waals surface area contributed by atoms with E-state index in [0.29, 0.717) is 0 Å². The Kier molecular flexibility index (Phi) is 5.67. The maximum atomic E-state index is 12.9. The predicted molar refractivity (Wildman–Crippen MR) is 115 cm³/mol. The monoisotopic (exact) mass is 389 g/mol. The quantitative estimate of drug-likeness (QED) is 0.647. The Balaban J connectivity index is 1.39. The van der Waals surface area contributed by atoms with Gasteiger partial charge < -0.3 is 14.6 Å². The summed E-state index contributed by atoms with van der Waals surface area (Å²) in [5.41, 5.74) is 2.04. The van der Waals surface area contributed by atoms with E-state index < -0.39 is 0 Å². The SMILES string of the molecule is C[C@H](C(=O)Nc1ccc(Oc2ccccc2)cc1)N1CCC[C@H]1c1cccn1C. The summed E-state index contributed by atoms with van der Waals surface area (Å²) in [5.74, 6) is 1.55. The van der Waals surface area contributed by atoms with Crippen molar-refractivity contribution in [2.45, 2.75) is 31.8 Å². The van der Waals surface area contributed by atoms with Crippen LogP contribution in [0.4, 0.5) is 5.69 Å². The lowest BCUT2D eigenvalue weighted by Crippen LogP contribution is -2.41. The number of benzene rings is 2. The summed E-state index contributed by atoms with van der Waals surface area (Å²) >= 11 is 0. The Morgan fingerprint density at radius 3 is 2.45 bits per heavy atom. The van der Waals surface area contributed by atoms with Crippen LogP contribution in [0.25, 0.3) is 0 Å². The van der Waals surface area contributed by atoms with E-state index in [9.17, 15) is 4.79 Å². The van der Waals surface area contributed by atoms with Crippen molar-refractivity contribution in [2.24, 2.45) is 7.05 Å². The fraction of sp³-hybridized carbons (Fsp3) is 0.292. The molecule has 1 aromatic heterocycles. The van der Waals surface area contributed by atoms with Crippen LogP contribution in [0, 0.1) is 0 Å². The fourth-order valence-electron chi connectivity index (χ4n) is 4.02. The van der Waals surface area contributed by atoms with E-state index in [-0.39, 0.29) is 18.0 Å². The molecule has 0 spiro atoms. The van der Waals surface area contributed by atoms with Crippen LogP contribution in [0.1, 0.15) is 31.5 Å². The third-order valence-electron chi connectivity index (χ3n) is 5.60. The highest BCUT2D eigenvalue weighted by atomic mass is 16.5. The molecule has 1 aliphatic heterocycles. The highest BCUT2D eigenvalue weighted by Crippen LogP contribution is 2.34. The van der Waals surface area contributed by atoms with Crippen LogP contribution < -0.4 is 10.1 Å². The number of anilines is 1. The van der Waals surface area contributed by atoms with E-state index in [1.807, 2.05) is 61.5 Å². The number of likely N-dealkylation sites (tertiary alicyclic amines) is 1. The lowest BCUT2D eigenvalue weighted by atomic mass is 10.1. The predicted octanol–water partition coefficient (Wildman–Crippen LogP) is 4.98. The third-order valence-corrected chi connectivity index (χ3v) is 5.60. The number of carbonyl (C=O) groups is 1. The highest BCUT2D eigenvalue weighted by Gasteiger charge is 2.34. The zero-order valence-electron chi connectivity index (χ0n) is 16.9. The molecule has 3 aromatic rings. The summed E-state index contributed by atoms with van der Waals surface area (Å²) < 4.78 is 7.96. The molecule has 0 saturated carbocycles. The molecule has 2 heterocycles. The highest BCUT2D eigenvalue weighted by molar-refractivity contribution is 5.94. The maximum absolute atomic E-state index is 12.9. The average Bonchev–Trinajstić information content (AvgIpc) is 3.38. The molecular formula is C24H27N3O2. The van der Waals surface area contributed by atoms with Crippen LogP contribution >= 0.6 is 0 Å². The van der Waals surface area contributed by atoms with Gasteiger partial charge in [0.1, 0.15) is 11.5 Å². The van der Waals surface area contributed by atoms with Gasteiger partial charge in [0.15, 0.2) is 0 Å². The Bertz CT molecular complexity index is 950. The molecule has 1 aliphatic rings. The second-order valence-corrected chi connectivity index (χ2v) is 7.54. The Morgan fingerprint density at radius 1 is 1.03 bits per heavy atom. The second kappa shape index (κ2) is 8.53. The van der Waals surface area contributed by atoms with Crippen molar-refractivity contribution in [3.8, 4) is 11.5 Å². The molecule has 150 valence electrons. The van der Waals surface area contributed by atoms with Gasteiger partial charge in [-0.15, -0.1) is 0 Å². The van der Waals surface area contributed by atoms with Gasteiger partial charge >= 0.3 is 0 Å². The van der Waals surface area contributed by atoms with Gasteiger partial charge in [-0.1, -0.05) is 18.2 Å². The molecule has 4 rings (SSSR count). The number of hydrogen-bond acceptors (Lipinski definition) is 3. The molecule has 0 unspecified atom stereocenters. The van der Waals surface area contributed by atoms with Crippen LogP contribution in [0.3, 0.4) is 0 Å². The van der Waals surface area contributed by atoms with Crippen molar-refractivity contribution >= 4 is 11.6 Å². The summed E-state index contributed by atoms with van der Waals surface area (Å²) in [4.78, 5) is 15.2. The van der Waals surface area contributed by atoms with Gasteiger partial charge in [0.05, 0.1) is 12.1 Å². The molecule has 1 N–H and O–H groups in total. The van der Waals surface area contributed by atoms with Gasteiger partial charge in [0.25, 0.3) is 0 Å². The molecule has 1 saturated heterocycles. The van der Waals surface area contributed by atoms with E-state index in [2.05, 4.69) is 40.2 Å². The fourth-order valence-corrected chi connectivity index (χ4v) is 4.02. The summed E-state index contributed by atoms with van der Waals surface area (Å²) in [6, 6.07) is 21.5. The van der Waals surface area contributed by atoms with Gasteiger partial charge in [-0.2, -0.15) is 0 Å². The molecular weight excluding hydrogens is 362 g/mol. The summed E-state index contributed by atoms with van der Waals surface area (Å²) in [7, 11) is 2.07. The summed E-state index contributed by atoms with van der Waals surface area (Å²) in [6.07, 6.45) is 4.26. The number of rotatable bonds is 6. The molecule has 0 radical (unpaired) electrons. The Labute approximate surface area is 171 Å². The third kappa shape index (κ3) is 4.35.